The van der Waals surface area contributed by atoms with E-state index in [2.05, 4.69) is 6.07 Å². The van der Waals surface area contributed by atoms with Gasteiger partial charge >= 0.3 is 0 Å². The molecule has 0 amide bonds. The van der Waals surface area contributed by atoms with Crippen LogP contribution in [0.3, 0.4) is 0 Å². The summed E-state index contributed by atoms with van der Waals surface area (Å²) in [6.45, 7) is 0.798. The van der Waals surface area contributed by atoms with Crippen molar-refractivity contribution in [3.05, 3.63) is 34.9 Å². The Morgan fingerprint density at radius 3 is 2.71 bits per heavy atom. The van der Waals surface area contributed by atoms with Crippen LogP contribution in [-0.4, -0.2) is 12.3 Å². The van der Waals surface area contributed by atoms with Gasteiger partial charge in [0.1, 0.15) is 0 Å². The van der Waals surface area contributed by atoms with Crippen molar-refractivity contribution in [2.75, 3.05) is 12.3 Å². The molecule has 0 bridgehead atoms. The first-order valence-corrected chi connectivity index (χ1v) is 6.39. The Balaban J connectivity index is 2.21. The third kappa shape index (κ3) is 4.36. The predicted molar refractivity (Wildman–Crippen MR) is 65.9 cm³/mol. The molecule has 0 saturated carbocycles. The van der Waals surface area contributed by atoms with Crippen LogP contribution in [0.15, 0.2) is 24.3 Å². The number of halogens is 1. The van der Waals surface area contributed by atoms with Crippen LogP contribution in [0.4, 0.5) is 0 Å². The van der Waals surface area contributed by atoms with Crippen LogP contribution in [0, 0.1) is 0 Å². The van der Waals surface area contributed by atoms with E-state index in [1.807, 2.05) is 30.0 Å². The van der Waals surface area contributed by atoms with Gasteiger partial charge in [-0.05, 0) is 36.8 Å². The number of unbranched alkanes of at least 4 members (excludes halogenated alkanes) is 1. The molecule has 0 aliphatic carbocycles. The highest BCUT2D eigenvalue weighted by atomic mass is 35.5. The zero-order valence-electron chi connectivity index (χ0n) is 8.21. The minimum absolute atomic E-state index is 0.798. The minimum Gasteiger partial charge on any atom is -0.330 e. The lowest BCUT2D eigenvalue weighted by Crippen LogP contribution is -1.98. The van der Waals surface area contributed by atoms with Crippen LogP contribution < -0.4 is 5.73 Å². The van der Waals surface area contributed by atoms with Gasteiger partial charge in [0.15, 0.2) is 0 Å². The van der Waals surface area contributed by atoms with E-state index >= 15 is 0 Å². The van der Waals surface area contributed by atoms with Gasteiger partial charge in [0.2, 0.25) is 0 Å². The average molecular weight is 230 g/mol. The fourth-order valence-electron chi connectivity index (χ4n) is 1.15. The van der Waals surface area contributed by atoms with Gasteiger partial charge in [0.05, 0.1) is 0 Å². The molecule has 1 nitrogen and oxygen atoms in total. The van der Waals surface area contributed by atoms with Gasteiger partial charge in [-0.1, -0.05) is 29.8 Å². The van der Waals surface area contributed by atoms with Gasteiger partial charge in [0.25, 0.3) is 0 Å². The molecular formula is C11H16ClNS. The second-order valence-corrected chi connectivity index (χ2v) is 4.65. The van der Waals surface area contributed by atoms with Crippen LogP contribution >= 0.6 is 23.4 Å². The highest BCUT2D eigenvalue weighted by molar-refractivity contribution is 7.98. The fourth-order valence-corrected chi connectivity index (χ4v) is 2.45. The van der Waals surface area contributed by atoms with E-state index in [9.17, 15) is 0 Å². The smallest absolute Gasteiger partial charge is 0.0446 e. The number of rotatable bonds is 6. The molecule has 0 radical (unpaired) electrons. The molecule has 0 aliphatic heterocycles. The molecule has 1 aromatic rings. The summed E-state index contributed by atoms with van der Waals surface area (Å²) in [5, 5.41) is 0.874. The van der Waals surface area contributed by atoms with Crippen molar-refractivity contribution in [2.45, 2.75) is 18.6 Å². The maximum atomic E-state index is 6.03. The van der Waals surface area contributed by atoms with E-state index in [-0.39, 0.29) is 0 Å². The Hall–Kier alpha value is -0.180. The summed E-state index contributed by atoms with van der Waals surface area (Å²) in [6.07, 6.45) is 2.32. The highest BCUT2D eigenvalue weighted by Gasteiger charge is 1.98. The van der Waals surface area contributed by atoms with Crippen molar-refractivity contribution >= 4 is 23.4 Å². The molecule has 2 N–H and O–H groups in total. The lowest BCUT2D eigenvalue weighted by Gasteiger charge is -2.03. The van der Waals surface area contributed by atoms with Crippen molar-refractivity contribution in [2.24, 2.45) is 5.73 Å². The largest absolute Gasteiger partial charge is 0.330 e. The standard InChI is InChI=1S/C11H16ClNS/c12-11-6-2-1-5-10(11)9-14-8-4-3-7-13/h1-2,5-6H,3-4,7-9,13H2. The van der Waals surface area contributed by atoms with Gasteiger partial charge in [-0.3, -0.25) is 0 Å². The third-order valence-corrected chi connectivity index (χ3v) is 3.42. The molecule has 0 unspecified atom stereocenters. The average Bonchev–Trinajstić information content (AvgIpc) is 2.20. The third-order valence-electron chi connectivity index (χ3n) is 1.96. The summed E-state index contributed by atoms with van der Waals surface area (Å²) in [4.78, 5) is 0. The van der Waals surface area contributed by atoms with Crippen LogP contribution in [0.2, 0.25) is 5.02 Å². The molecule has 0 heterocycles. The fraction of sp³-hybridized carbons (Fsp3) is 0.455. The molecule has 0 aliphatic rings. The molecule has 14 heavy (non-hydrogen) atoms. The Labute approximate surface area is 95.0 Å². The zero-order valence-corrected chi connectivity index (χ0v) is 9.78. The highest BCUT2D eigenvalue weighted by Crippen LogP contribution is 2.21. The summed E-state index contributed by atoms with van der Waals surface area (Å²) in [6, 6.07) is 8.02. The molecule has 78 valence electrons. The quantitative estimate of drug-likeness (QED) is 0.758. The zero-order chi connectivity index (χ0) is 10.2. The van der Waals surface area contributed by atoms with Gasteiger partial charge < -0.3 is 5.73 Å². The molecule has 1 rings (SSSR count). The van der Waals surface area contributed by atoms with E-state index in [4.69, 9.17) is 17.3 Å². The van der Waals surface area contributed by atoms with Crippen LogP contribution in [0.25, 0.3) is 0 Å². The first kappa shape index (κ1) is 11.9. The Bertz CT molecular complexity index is 265. The van der Waals surface area contributed by atoms with Gasteiger partial charge in [-0.2, -0.15) is 11.8 Å². The minimum atomic E-state index is 0.798. The van der Waals surface area contributed by atoms with E-state index < -0.39 is 0 Å². The normalized spacial score (nSPS) is 10.4. The van der Waals surface area contributed by atoms with Crippen LogP contribution in [-0.2, 0) is 5.75 Å². The molecule has 0 saturated heterocycles. The van der Waals surface area contributed by atoms with Crippen molar-refractivity contribution in [3.63, 3.8) is 0 Å². The lowest BCUT2D eigenvalue weighted by molar-refractivity contribution is 0.814. The van der Waals surface area contributed by atoms with E-state index in [0.717, 1.165) is 23.7 Å². The van der Waals surface area contributed by atoms with Crippen LogP contribution in [0.5, 0.6) is 0 Å². The molecule has 0 aromatic heterocycles. The van der Waals surface area contributed by atoms with Gasteiger partial charge in [-0.25, -0.2) is 0 Å². The molecule has 3 heteroatoms. The second kappa shape index (κ2) is 7.16. The lowest BCUT2D eigenvalue weighted by atomic mass is 10.2. The van der Waals surface area contributed by atoms with Crippen molar-refractivity contribution in [3.8, 4) is 0 Å². The van der Waals surface area contributed by atoms with E-state index in [1.54, 1.807) is 0 Å². The molecule has 0 atom stereocenters. The first-order chi connectivity index (χ1) is 6.84. The second-order valence-electron chi connectivity index (χ2n) is 3.14. The Morgan fingerprint density at radius 1 is 1.21 bits per heavy atom. The molecular weight excluding hydrogens is 214 g/mol. The number of hydrogen-bond donors (Lipinski definition) is 1. The summed E-state index contributed by atoms with van der Waals surface area (Å²) >= 11 is 7.95. The van der Waals surface area contributed by atoms with Crippen LogP contribution in [0.1, 0.15) is 18.4 Å². The SMILES string of the molecule is NCCCCSCc1ccccc1Cl. The van der Waals surface area contributed by atoms with Crippen molar-refractivity contribution in [1.82, 2.24) is 0 Å². The van der Waals surface area contributed by atoms with E-state index in [1.165, 1.54) is 17.7 Å². The number of benzene rings is 1. The molecule has 0 spiro atoms. The molecule has 0 fully saturated rings. The number of hydrogen-bond acceptors (Lipinski definition) is 2. The first-order valence-electron chi connectivity index (χ1n) is 4.86. The van der Waals surface area contributed by atoms with Gasteiger partial charge in [0, 0.05) is 10.8 Å². The van der Waals surface area contributed by atoms with Crippen molar-refractivity contribution in [1.29, 1.82) is 0 Å². The predicted octanol–water partition coefficient (Wildman–Crippen LogP) is 3.31. The summed E-state index contributed by atoms with van der Waals surface area (Å²) in [7, 11) is 0. The summed E-state index contributed by atoms with van der Waals surface area (Å²) in [5.41, 5.74) is 6.64. The number of thioether (sulfide) groups is 1. The topological polar surface area (TPSA) is 26.0 Å². The number of nitrogens with two attached hydrogens (primary N) is 1. The Morgan fingerprint density at radius 2 is 2.00 bits per heavy atom. The molecule has 1 aromatic carbocycles. The van der Waals surface area contributed by atoms with Gasteiger partial charge in [-0.15, -0.1) is 0 Å². The summed E-state index contributed by atoms with van der Waals surface area (Å²) in [5.74, 6) is 2.17. The monoisotopic (exact) mass is 229 g/mol. The Kier molecular flexibility index (Phi) is 6.08. The maximum Gasteiger partial charge on any atom is 0.0446 e. The summed E-state index contributed by atoms with van der Waals surface area (Å²) < 4.78 is 0. The van der Waals surface area contributed by atoms with E-state index in [0.29, 0.717) is 0 Å². The maximum absolute atomic E-state index is 6.03. The van der Waals surface area contributed by atoms with Crippen molar-refractivity contribution < 1.29 is 0 Å².